The zero-order chi connectivity index (χ0) is 15.6. The molecule has 3 N–H and O–H groups in total. The van der Waals surface area contributed by atoms with Gasteiger partial charge in [0.1, 0.15) is 5.70 Å². The fourth-order valence-electron chi connectivity index (χ4n) is 1.83. The summed E-state index contributed by atoms with van der Waals surface area (Å²) < 4.78 is 0.408. The van der Waals surface area contributed by atoms with Crippen molar-refractivity contribution in [3.63, 3.8) is 0 Å². The van der Waals surface area contributed by atoms with Crippen molar-refractivity contribution in [2.24, 2.45) is 0 Å². The van der Waals surface area contributed by atoms with E-state index in [4.69, 9.17) is 10.2 Å². The van der Waals surface area contributed by atoms with Gasteiger partial charge in [-0.25, -0.2) is 4.79 Å². The van der Waals surface area contributed by atoms with Crippen LogP contribution in [0.3, 0.4) is 0 Å². The van der Waals surface area contributed by atoms with Crippen LogP contribution in [0.4, 0.5) is 5.69 Å². The highest BCUT2D eigenvalue weighted by Gasteiger charge is 2.30. The molecule has 7 nitrogen and oxygen atoms in total. The number of aliphatic hydroxyl groups is 1. The normalized spacial score (nSPS) is 14.4. The summed E-state index contributed by atoms with van der Waals surface area (Å²) in [4.78, 5) is 35.5. The minimum absolute atomic E-state index is 0.0320. The van der Waals surface area contributed by atoms with Crippen LogP contribution in [0.1, 0.15) is 10.4 Å². The smallest absolute Gasteiger partial charge is 0.336 e. The molecule has 0 saturated heterocycles. The number of hydrogen-bond acceptors (Lipinski definition) is 5. The number of carboxylic acid groups (broad SMARTS) is 1. The molecule has 8 heteroatoms. The van der Waals surface area contributed by atoms with Gasteiger partial charge in [0.25, 0.3) is 11.8 Å². The fourth-order valence-corrected chi connectivity index (χ4v) is 2.25. The Morgan fingerprint density at radius 3 is 2.67 bits per heavy atom. The second-order valence-corrected chi connectivity index (χ2v) is 5.06. The zero-order valence-corrected chi connectivity index (χ0v) is 12.3. The average molecular weight is 355 g/mol. The molecule has 0 aliphatic carbocycles. The van der Waals surface area contributed by atoms with E-state index in [2.05, 4.69) is 21.2 Å². The Balaban J connectivity index is 2.22. The number of carbonyl (C=O) groups excluding carboxylic acids is 2. The monoisotopic (exact) mass is 354 g/mol. The molecule has 1 heterocycles. The van der Waals surface area contributed by atoms with E-state index in [0.29, 0.717) is 10.2 Å². The van der Waals surface area contributed by atoms with Crippen LogP contribution in [-0.2, 0) is 9.59 Å². The molecular weight excluding hydrogens is 344 g/mol. The lowest BCUT2D eigenvalue weighted by atomic mass is 10.2. The van der Waals surface area contributed by atoms with E-state index in [1.54, 1.807) is 6.07 Å². The summed E-state index contributed by atoms with van der Waals surface area (Å²) in [6.07, 6.45) is 1.11. The summed E-state index contributed by atoms with van der Waals surface area (Å²) in [7, 11) is 0. The van der Waals surface area contributed by atoms with Crippen molar-refractivity contribution in [1.82, 2.24) is 4.90 Å². The third-order valence-electron chi connectivity index (χ3n) is 2.81. The van der Waals surface area contributed by atoms with Crippen molar-refractivity contribution < 1.29 is 24.6 Å². The summed E-state index contributed by atoms with van der Waals surface area (Å²) in [5.74, 6) is -2.20. The third-order valence-corrected chi connectivity index (χ3v) is 3.50. The molecule has 0 atom stereocenters. The second-order valence-electron chi connectivity index (χ2n) is 4.20. The van der Waals surface area contributed by atoms with E-state index in [-0.39, 0.29) is 24.4 Å². The standard InChI is InChI=1S/C13H11BrN2O5/c14-9-2-1-7(5-8(9)13(20)21)15-10-6-11(18)16(3-4-17)12(10)19/h1-2,5-6,15,17H,3-4H2,(H,20,21). The number of hydrogen-bond donors (Lipinski definition) is 3. The number of aliphatic hydroxyl groups excluding tert-OH is 1. The van der Waals surface area contributed by atoms with Gasteiger partial charge in [0.05, 0.1) is 18.7 Å². The molecule has 110 valence electrons. The minimum atomic E-state index is -1.12. The predicted molar refractivity (Wildman–Crippen MR) is 76.6 cm³/mol. The van der Waals surface area contributed by atoms with Gasteiger partial charge in [-0.2, -0.15) is 0 Å². The van der Waals surface area contributed by atoms with Gasteiger partial charge < -0.3 is 15.5 Å². The molecule has 1 aliphatic heterocycles. The Morgan fingerprint density at radius 1 is 1.33 bits per heavy atom. The van der Waals surface area contributed by atoms with E-state index in [1.165, 1.54) is 12.1 Å². The molecule has 0 spiro atoms. The first-order valence-corrected chi connectivity index (χ1v) is 6.71. The van der Waals surface area contributed by atoms with Gasteiger partial charge in [-0.15, -0.1) is 0 Å². The van der Waals surface area contributed by atoms with Crippen LogP contribution in [0.2, 0.25) is 0 Å². The Bertz CT molecular complexity index is 656. The van der Waals surface area contributed by atoms with Gasteiger partial charge in [0, 0.05) is 16.2 Å². The molecule has 2 amide bonds. The summed E-state index contributed by atoms with van der Waals surface area (Å²) >= 11 is 3.11. The number of anilines is 1. The summed E-state index contributed by atoms with van der Waals surface area (Å²) in [6.45, 7) is -0.403. The van der Waals surface area contributed by atoms with Crippen LogP contribution in [-0.4, -0.2) is 46.0 Å². The van der Waals surface area contributed by atoms with E-state index < -0.39 is 17.8 Å². The summed E-state index contributed by atoms with van der Waals surface area (Å²) in [5.41, 5.74) is 0.436. The molecule has 0 saturated carbocycles. The zero-order valence-electron chi connectivity index (χ0n) is 10.7. The van der Waals surface area contributed by atoms with Gasteiger partial charge in [0.2, 0.25) is 0 Å². The summed E-state index contributed by atoms with van der Waals surface area (Å²) in [5, 5.41) is 20.5. The number of benzene rings is 1. The molecule has 0 unspecified atom stereocenters. The topological polar surface area (TPSA) is 107 Å². The van der Waals surface area contributed by atoms with E-state index in [9.17, 15) is 14.4 Å². The van der Waals surface area contributed by atoms with Crippen molar-refractivity contribution in [2.75, 3.05) is 18.5 Å². The number of rotatable bonds is 5. The number of carboxylic acids is 1. The van der Waals surface area contributed by atoms with Crippen LogP contribution < -0.4 is 5.32 Å². The highest BCUT2D eigenvalue weighted by Crippen LogP contribution is 2.23. The first kappa shape index (κ1) is 15.2. The van der Waals surface area contributed by atoms with Gasteiger partial charge in [-0.3, -0.25) is 14.5 Å². The molecule has 0 bridgehead atoms. The van der Waals surface area contributed by atoms with Crippen molar-refractivity contribution in [2.45, 2.75) is 0 Å². The Hall–Kier alpha value is -2.19. The average Bonchev–Trinajstić information content (AvgIpc) is 2.69. The summed E-state index contributed by atoms with van der Waals surface area (Å²) in [6, 6.07) is 4.45. The van der Waals surface area contributed by atoms with Crippen LogP contribution in [0.25, 0.3) is 0 Å². The maximum atomic E-state index is 11.9. The molecule has 2 rings (SSSR count). The van der Waals surface area contributed by atoms with Gasteiger partial charge in [0.15, 0.2) is 0 Å². The number of nitrogens with one attached hydrogen (secondary N) is 1. The van der Waals surface area contributed by atoms with E-state index in [1.807, 2.05) is 0 Å². The van der Waals surface area contributed by atoms with E-state index in [0.717, 1.165) is 11.0 Å². The van der Waals surface area contributed by atoms with Gasteiger partial charge >= 0.3 is 5.97 Å². The van der Waals surface area contributed by atoms with Gasteiger partial charge in [-0.05, 0) is 34.1 Å². The van der Waals surface area contributed by atoms with Crippen LogP contribution in [0, 0.1) is 0 Å². The molecule has 0 radical (unpaired) electrons. The number of carbonyl (C=O) groups is 3. The van der Waals surface area contributed by atoms with Crippen molar-refractivity contribution in [3.05, 3.63) is 40.0 Å². The lowest BCUT2D eigenvalue weighted by Crippen LogP contribution is -2.34. The molecule has 0 fully saturated rings. The first-order valence-electron chi connectivity index (χ1n) is 5.92. The van der Waals surface area contributed by atoms with Crippen molar-refractivity contribution in [1.29, 1.82) is 0 Å². The van der Waals surface area contributed by atoms with Crippen molar-refractivity contribution >= 4 is 39.4 Å². The fraction of sp³-hybridized carbons (Fsp3) is 0.154. The number of aromatic carboxylic acids is 1. The highest BCUT2D eigenvalue weighted by atomic mass is 79.9. The maximum absolute atomic E-state index is 11.9. The van der Waals surface area contributed by atoms with Crippen LogP contribution in [0.5, 0.6) is 0 Å². The van der Waals surface area contributed by atoms with Gasteiger partial charge in [-0.1, -0.05) is 0 Å². The number of nitrogens with zero attached hydrogens (tertiary/aromatic N) is 1. The lowest BCUT2D eigenvalue weighted by Gasteiger charge is -2.13. The minimum Gasteiger partial charge on any atom is -0.478 e. The third kappa shape index (κ3) is 3.11. The van der Waals surface area contributed by atoms with Crippen LogP contribution >= 0.6 is 15.9 Å². The Kier molecular flexibility index (Phi) is 4.39. The quantitative estimate of drug-likeness (QED) is 0.675. The van der Waals surface area contributed by atoms with Crippen molar-refractivity contribution in [3.8, 4) is 0 Å². The molecule has 0 aromatic heterocycles. The Morgan fingerprint density at radius 2 is 2.05 bits per heavy atom. The predicted octanol–water partition coefficient (Wildman–Crippen LogP) is 0.804. The number of imide groups is 1. The first-order chi connectivity index (χ1) is 9.93. The number of β-amino-alcohol motifs (C(OH)–C–C–N with tert-alkyl or cyclic N) is 1. The molecule has 1 aliphatic rings. The SMILES string of the molecule is O=C(O)c1cc(NC2=CC(=O)N(CCO)C2=O)ccc1Br. The molecule has 21 heavy (non-hydrogen) atoms. The Labute approximate surface area is 128 Å². The molecule has 1 aromatic carbocycles. The maximum Gasteiger partial charge on any atom is 0.336 e. The van der Waals surface area contributed by atoms with Crippen LogP contribution in [0.15, 0.2) is 34.4 Å². The second kappa shape index (κ2) is 6.06. The highest BCUT2D eigenvalue weighted by molar-refractivity contribution is 9.10. The van der Waals surface area contributed by atoms with E-state index >= 15 is 0 Å². The lowest BCUT2D eigenvalue weighted by molar-refractivity contribution is -0.137. The largest absolute Gasteiger partial charge is 0.478 e. The molecular formula is C13H11BrN2O5. The number of amides is 2. The molecule has 1 aromatic rings. The number of halogens is 1.